The fraction of sp³-hybridized carbons (Fsp3) is 0.538. The average molecular weight is 420 g/mol. The maximum absolute atomic E-state index is 13.8. The lowest BCUT2D eigenvalue weighted by molar-refractivity contribution is 0.232. The number of hydrogen-bond donors (Lipinski definition) is 2. The molecule has 0 bridgehead atoms. The summed E-state index contributed by atoms with van der Waals surface area (Å²) >= 11 is 2.82. The molecule has 2 N–H and O–H groups in total. The molecule has 4 nitrogen and oxygen atoms in total. The van der Waals surface area contributed by atoms with Crippen molar-refractivity contribution in [1.82, 2.24) is 10.0 Å². The molecule has 22 heavy (non-hydrogen) atoms. The Labute approximate surface area is 143 Å². The van der Waals surface area contributed by atoms with E-state index in [9.17, 15) is 17.2 Å². The van der Waals surface area contributed by atoms with Crippen LogP contribution >= 0.6 is 28.3 Å². The molecule has 2 rings (SSSR count). The van der Waals surface area contributed by atoms with Gasteiger partial charge in [-0.1, -0.05) is 6.92 Å². The Morgan fingerprint density at radius 3 is 2.45 bits per heavy atom. The molecule has 126 valence electrons. The molecule has 1 aliphatic rings. The molecule has 0 amide bonds. The maximum atomic E-state index is 13.8. The van der Waals surface area contributed by atoms with Crippen LogP contribution in [0.3, 0.4) is 0 Å². The van der Waals surface area contributed by atoms with Crippen LogP contribution in [0.2, 0.25) is 0 Å². The standard InChI is InChI=1S/C13H17BrF2N2O2S.ClH/c1-13(2-4-17-5-3-13)8-18-21(19,20)12-7-10(15)9(14)6-11(12)16;/h6-7,17-18H,2-5,8H2,1H3;1H. The third kappa shape index (κ3) is 4.61. The zero-order valence-electron chi connectivity index (χ0n) is 12.0. The molecule has 1 aromatic rings. The molecule has 1 saturated heterocycles. The van der Waals surface area contributed by atoms with E-state index in [1.54, 1.807) is 0 Å². The van der Waals surface area contributed by atoms with Crippen molar-refractivity contribution in [3.05, 3.63) is 28.2 Å². The molecule has 1 aliphatic heterocycles. The highest BCUT2D eigenvalue weighted by atomic mass is 79.9. The second-order valence-electron chi connectivity index (χ2n) is 5.58. The molecular weight excluding hydrogens is 402 g/mol. The second-order valence-corrected chi connectivity index (χ2v) is 8.17. The van der Waals surface area contributed by atoms with Crippen LogP contribution in [0.5, 0.6) is 0 Å². The molecule has 9 heteroatoms. The van der Waals surface area contributed by atoms with Crippen molar-refractivity contribution in [1.29, 1.82) is 0 Å². The van der Waals surface area contributed by atoms with Crippen molar-refractivity contribution in [2.24, 2.45) is 5.41 Å². The number of benzene rings is 1. The maximum Gasteiger partial charge on any atom is 0.243 e. The van der Waals surface area contributed by atoms with Crippen LogP contribution in [0.4, 0.5) is 8.78 Å². The van der Waals surface area contributed by atoms with Gasteiger partial charge < -0.3 is 5.32 Å². The number of hydrogen-bond acceptors (Lipinski definition) is 3. The average Bonchev–Trinajstić information content (AvgIpc) is 2.42. The lowest BCUT2D eigenvalue weighted by Crippen LogP contribution is -2.43. The van der Waals surface area contributed by atoms with Crippen molar-refractivity contribution in [3.63, 3.8) is 0 Å². The summed E-state index contributed by atoms with van der Waals surface area (Å²) < 4.78 is 53.8. The Balaban J connectivity index is 0.00000242. The van der Waals surface area contributed by atoms with Gasteiger partial charge in [0.1, 0.15) is 16.5 Å². The minimum Gasteiger partial charge on any atom is -0.317 e. The third-order valence-corrected chi connectivity index (χ3v) is 5.79. The second kappa shape index (κ2) is 7.53. The van der Waals surface area contributed by atoms with E-state index in [1.165, 1.54) is 0 Å². The molecule has 0 radical (unpaired) electrons. The number of nitrogens with one attached hydrogen (secondary N) is 2. The van der Waals surface area contributed by atoms with Crippen molar-refractivity contribution in [2.75, 3.05) is 19.6 Å². The van der Waals surface area contributed by atoms with Gasteiger partial charge in [0, 0.05) is 6.54 Å². The summed E-state index contributed by atoms with van der Waals surface area (Å²) in [7, 11) is -4.07. The molecule has 0 atom stereocenters. The third-order valence-electron chi connectivity index (χ3n) is 3.76. The Morgan fingerprint density at radius 1 is 1.27 bits per heavy atom. The van der Waals surface area contributed by atoms with Gasteiger partial charge in [0.15, 0.2) is 0 Å². The molecule has 1 fully saturated rings. The van der Waals surface area contributed by atoms with Crippen LogP contribution in [-0.4, -0.2) is 28.1 Å². The van der Waals surface area contributed by atoms with E-state index in [2.05, 4.69) is 26.0 Å². The van der Waals surface area contributed by atoms with Gasteiger partial charge in [0.05, 0.1) is 4.47 Å². The van der Waals surface area contributed by atoms with Crippen LogP contribution in [0.25, 0.3) is 0 Å². The molecule has 0 spiro atoms. The molecule has 0 saturated carbocycles. The zero-order valence-corrected chi connectivity index (χ0v) is 15.2. The minimum atomic E-state index is -4.07. The first-order chi connectivity index (χ1) is 9.73. The summed E-state index contributed by atoms with van der Waals surface area (Å²) in [5.41, 5.74) is -0.178. The summed E-state index contributed by atoms with van der Waals surface area (Å²) in [4.78, 5) is -0.666. The SMILES string of the molecule is CC1(CNS(=O)(=O)c2cc(F)c(Br)cc2F)CCNCC1.Cl. The van der Waals surface area contributed by atoms with Crippen LogP contribution in [0.15, 0.2) is 21.5 Å². The first-order valence-electron chi connectivity index (χ1n) is 6.58. The van der Waals surface area contributed by atoms with E-state index >= 15 is 0 Å². The lowest BCUT2D eigenvalue weighted by Gasteiger charge is -2.34. The quantitative estimate of drug-likeness (QED) is 0.738. The normalized spacial score (nSPS) is 17.8. The summed E-state index contributed by atoms with van der Waals surface area (Å²) in [6, 6.07) is 1.50. The van der Waals surface area contributed by atoms with Crippen molar-refractivity contribution in [3.8, 4) is 0 Å². The van der Waals surface area contributed by atoms with E-state index in [0.717, 1.165) is 32.0 Å². The van der Waals surface area contributed by atoms with Crippen molar-refractivity contribution in [2.45, 2.75) is 24.7 Å². The van der Waals surface area contributed by atoms with Crippen LogP contribution in [0, 0.1) is 17.0 Å². The summed E-state index contributed by atoms with van der Waals surface area (Å²) in [5.74, 6) is -1.80. The Morgan fingerprint density at radius 2 is 1.86 bits per heavy atom. The van der Waals surface area contributed by atoms with Gasteiger partial charge in [-0.25, -0.2) is 21.9 Å². The van der Waals surface area contributed by atoms with E-state index < -0.39 is 26.6 Å². The Hall–Kier alpha value is -0.280. The van der Waals surface area contributed by atoms with E-state index in [1.807, 2.05) is 6.92 Å². The highest BCUT2D eigenvalue weighted by Gasteiger charge is 2.30. The van der Waals surface area contributed by atoms with E-state index in [0.29, 0.717) is 6.07 Å². The predicted octanol–water partition coefficient (Wildman–Crippen LogP) is 2.82. The zero-order chi connectivity index (χ0) is 15.7. The highest BCUT2D eigenvalue weighted by Crippen LogP contribution is 2.28. The van der Waals surface area contributed by atoms with Gasteiger partial charge in [-0.15, -0.1) is 12.4 Å². The summed E-state index contributed by atoms with van der Waals surface area (Å²) in [5, 5.41) is 3.20. The van der Waals surface area contributed by atoms with Crippen LogP contribution in [-0.2, 0) is 10.0 Å². The highest BCUT2D eigenvalue weighted by molar-refractivity contribution is 9.10. The topological polar surface area (TPSA) is 58.2 Å². The van der Waals surface area contributed by atoms with Crippen LogP contribution < -0.4 is 10.0 Å². The van der Waals surface area contributed by atoms with Crippen molar-refractivity contribution < 1.29 is 17.2 Å². The van der Waals surface area contributed by atoms with Gasteiger partial charge in [-0.3, -0.25) is 0 Å². The fourth-order valence-electron chi connectivity index (χ4n) is 2.26. The van der Waals surface area contributed by atoms with E-state index in [4.69, 9.17) is 0 Å². The lowest BCUT2D eigenvalue weighted by atomic mass is 9.81. The summed E-state index contributed by atoms with van der Waals surface area (Å²) in [6.07, 6.45) is 1.65. The van der Waals surface area contributed by atoms with Gasteiger partial charge in [0.25, 0.3) is 0 Å². The molecule has 0 aromatic heterocycles. The van der Waals surface area contributed by atoms with Gasteiger partial charge in [0.2, 0.25) is 10.0 Å². The molecule has 1 aromatic carbocycles. The first-order valence-corrected chi connectivity index (χ1v) is 8.86. The first kappa shape index (κ1) is 19.8. The van der Waals surface area contributed by atoms with Crippen LogP contribution in [0.1, 0.15) is 19.8 Å². The van der Waals surface area contributed by atoms with Gasteiger partial charge >= 0.3 is 0 Å². The van der Waals surface area contributed by atoms with Gasteiger partial charge in [-0.05, 0) is 59.4 Å². The smallest absolute Gasteiger partial charge is 0.243 e. The monoisotopic (exact) mass is 418 g/mol. The number of halogens is 4. The largest absolute Gasteiger partial charge is 0.317 e. The summed E-state index contributed by atoms with van der Waals surface area (Å²) in [6.45, 7) is 3.82. The Kier molecular flexibility index (Phi) is 6.76. The number of piperidine rings is 1. The molecule has 0 unspecified atom stereocenters. The van der Waals surface area contributed by atoms with E-state index in [-0.39, 0.29) is 28.8 Å². The molecular formula is C13H18BrClF2N2O2S. The molecule has 0 aliphatic carbocycles. The predicted molar refractivity (Wildman–Crippen MR) is 86.7 cm³/mol. The number of sulfonamides is 1. The number of rotatable bonds is 4. The van der Waals surface area contributed by atoms with Crippen molar-refractivity contribution >= 4 is 38.4 Å². The molecule has 1 heterocycles. The van der Waals surface area contributed by atoms with Gasteiger partial charge in [-0.2, -0.15) is 0 Å². The fourth-order valence-corrected chi connectivity index (χ4v) is 3.85. The Bertz CT molecular complexity index is 637. The minimum absolute atomic E-state index is 0.